The molecule has 1 N–H and O–H groups in total. The molecule has 1 saturated carbocycles. The summed E-state index contributed by atoms with van der Waals surface area (Å²) in [5.74, 6) is -0.0774. The zero-order valence-corrected chi connectivity index (χ0v) is 13.1. The first-order chi connectivity index (χ1) is 11.3. The number of aromatic nitrogens is 3. The monoisotopic (exact) mass is 311 g/mol. The van der Waals surface area contributed by atoms with Gasteiger partial charge in [0.2, 0.25) is 0 Å². The van der Waals surface area contributed by atoms with Crippen LogP contribution in [0.4, 0.5) is 0 Å². The van der Waals surface area contributed by atoms with Crippen LogP contribution in [0.5, 0.6) is 0 Å². The Bertz CT molecular complexity index is 715. The van der Waals surface area contributed by atoms with Crippen molar-refractivity contribution < 1.29 is 4.79 Å². The molecule has 6 heteroatoms. The van der Waals surface area contributed by atoms with Gasteiger partial charge in [0.15, 0.2) is 5.65 Å². The van der Waals surface area contributed by atoms with E-state index in [1.807, 2.05) is 0 Å². The van der Waals surface area contributed by atoms with Gasteiger partial charge in [0.25, 0.3) is 5.91 Å². The van der Waals surface area contributed by atoms with Gasteiger partial charge in [0, 0.05) is 37.2 Å². The largest absolute Gasteiger partial charge is 0.350 e. The van der Waals surface area contributed by atoms with Crippen molar-refractivity contribution in [3.63, 3.8) is 0 Å². The highest BCUT2D eigenvalue weighted by atomic mass is 16.1. The molecule has 1 saturated heterocycles. The second-order valence-corrected chi connectivity index (χ2v) is 6.45. The van der Waals surface area contributed by atoms with Crippen molar-refractivity contribution in [3.05, 3.63) is 30.2 Å². The van der Waals surface area contributed by atoms with Gasteiger partial charge in [-0.2, -0.15) is 0 Å². The van der Waals surface area contributed by atoms with E-state index in [4.69, 9.17) is 0 Å². The van der Waals surface area contributed by atoms with E-state index in [2.05, 4.69) is 25.2 Å². The topological polar surface area (TPSA) is 71.0 Å². The fourth-order valence-corrected chi connectivity index (χ4v) is 3.42. The summed E-state index contributed by atoms with van der Waals surface area (Å²) < 4.78 is 0. The number of likely N-dealkylation sites (tertiary alicyclic amines) is 1. The summed E-state index contributed by atoms with van der Waals surface area (Å²) in [6.45, 7) is 1.90. The third kappa shape index (κ3) is 3.17. The molecular formula is C17H21N5O. The van der Waals surface area contributed by atoms with Crippen LogP contribution in [0.25, 0.3) is 11.2 Å². The lowest BCUT2D eigenvalue weighted by Crippen LogP contribution is -2.47. The molecule has 2 fully saturated rings. The van der Waals surface area contributed by atoms with Crippen molar-refractivity contribution in [2.24, 2.45) is 0 Å². The molecule has 23 heavy (non-hydrogen) atoms. The van der Waals surface area contributed by atoms with E-state index in [9.17, 15) is 4.79 Å². The maximum atomic E-state index is 12.4. The molecular weight excluding hydrogens is 290 g/mol. The highest BCUT2D eigenvalue weighted by Gasteiger charge is 2.35. The minimum absolute atomic E-state index is 0.0774. The van der Waals surface area contributed by atoms with Crippen LogP contribution < -0.4 is 5.32 Å². The number of hydrogen-bond donors (Lipinski definition) is 1. The van der Waals surface area contributed by atoms with E-state index in [1.54, 1.807) is 24.7 Å². The Morgan fingerprint density at radius 1 is 1.17 bits per heavy atom. The van der Waals surface area contributed by atoms with Gasteiger partial charge in [0.1, 0.15) is 5.52 Å². The van der Waals surface area contributed by atoms with Gasteiger partial charge in [-0.1, -0.05) is 6.42 Å². The van der Waals surface area contributed by atoms with Crippen molar-refractivity contribution in [2.45, 2.75) is 44.2 Å². The van der Waals surface area contributed by atoms with Crippen LogP contribution >= 0.6 is 0 Å². The van der Waals surface area contributed by atoms with Crippen molar-refractivity contribution >= 4 is 17.1 Å². The fraction of sp³-hybridized carbons (Fsp3) is 0.529. The predicted octanol–water partition coefficient (Wildman–Crippen LogP) is 1.77. The van der Waals surface area contributed by atoms with Crippen LogP contribution in [0.1, 0.15) is 42.5 Å². The lowest BCUT2D eigenvalue weighted by atomic mass is 10.0. The molecule has 1 atom stereocenters. The first kappa shape index (κ1) is 14.5. The maximum absolute atomic E-state index is 12.4. The predicted molar refractivity (Wildman–Crippen MR) is 87.0 cm³/mol. The number of hydrogen-bond acceptors (Lipinski definition) is 5. The summed E-state index contributed by atoms with van der Waals surface area (Å²) in [6, 6.07) is 2.99. The molecule has 1 aliphatic heterocycles. The molecule has 0 aromatic carbocycles. The van der Waals surface area contributed by atoms with Gasteiger partial charge in [-0.25, -0.2) is 9.97 Å². The fourth-order valence-electron chi connectivity index (χ4n) is 3.42. The zero-order chi connectivity index (χ0) is 15.6. The standard InChI is InChI=1S/C17H21N5O/c23-17(12-9-15-16(20-10-12)19-7-6-18-15)21-11-14-3-1-2-8-22(14)13-4-5-13/h6-7,9-10,13-14H,1-5,8,11H2,(H,21,23). The molecule has 1 aliphatic carbocycles. The maximum Gasteiger partial charge on any atom is 0.252 e. The normalized spacial score (nSPS) is 22.2. The van der Waals surface area contributed by atoms with E-state index in [0.717, 1.165) is 6.04 Å². The van der Waals surface area contributed by atoms with E-state index in [-0.39, 0.29) is 5.91 Å². The second kappa shape index (κ2) is 6.20. The van der Waals surface area contributed by atoms with Crippen molar-refractivity contribution in [1.82, 2.24) is 25.2 Å². The van der Waals surface area contributed by atoms with Crippen LogP contribution in [-0.4, -0.2) is 50.9 Å². The third-order valence-corrected chi connectivity index (χ3v) is 4.77. The number of carbonyl (C=O) groups is 1. The molecule has 3 heterocycles. The lowest BCUT2D eigenvalue weighted by Gasteiger charge is -2.36. The molecule has 0 bridgehead atoms. The van der Waals surface area contributed by atoms with Crippen LogP contribution in [0, 0.1) is 0 Å². The minimum Gasteiger partial charge on any atom is -0.350 e. The molecule has 4 rings (SSSR count). The van der Waals surface area contributed by atoms with E-state index >= 15 is 0 Å². The number of piperidine rings is 1. The van der Waals surface area contributed by atoms with E-state index < -0.39 is 0 Å². The molecule has 0 spiro atoms. The number of rotatable bonds is 4. The van der Waals surface area contributed by atoms with Gasteiger partial charge in [-0.15, -0.1) is 0 Å². The molecule has 2 aromatic rings. The Hall–Kier alpha value is -2.08. The SMILES string of the molecule is O=C(NCC1CCCCN1C1CC1)c1cnc2nccnc2c1. The smallest absolute Gasteiger partial charge is 0.252 e. The van der Waals surface area contributed by atoms with E-state index in [1.165, 1.54) is 38.6 Å². The van der Waals surface area contributed by atoms with Crippen LogP contribution in [0.2, 0.25) is 0 Å². The average molecular weight is 311 g/mol. The Morgan fingerprint density at radius 2 is 2.04 bits per heavy atom. The molecule has 120 valence electrons. The number of carbonyl (C=O) groups excluding carboxylic acids is 1. The summed E-state index contributed by atoms with van der Waals surface area (Å²) in [6.07, 6.45) is 11.1. The Morgan fingerprint density at radius 3 is 2.91 bits per heavy atom. The Balaban J connectivity index is 1.42. The quantitative estimate of drug-likeness (QED) is 0.932. The van der Waals surface area contributed by atoms with Crippen molar-refractivity contribution in [1.29, 1.82) is 0 Å². The number of nitrogens with zero attached hydrogens (tertiary/aromatic N) is 4. The summed E-state index contributed by atoms with van der Waals surface area (Å²) in [4.78, 5) is 27.5. The molecule has 0 radical (unpaired) electrons. The first-order valence-corrected chi connectivity index (χ1v) is 8.42. The Kier molecular flexibility index (Phi) is 3.91. The van der Waals surface area contributed by atoms with Crippen molar-refractivity contribution in [3.8, 4) is 0 Å². The molecule has 1 unspecified atom stereocenters. The molecule has 1 amide bonds. The van der Waals surface area contributed by atoms with Gasteiger partial charge >= 0.3 is 0 Å². The number of fused-ring (bicyclic) bond motifs is 1. The number of amides is 1. The molecule has 2 aromatic heterocycles. The number of pyridine rings is 1. The second-order valence-electron chi connectivity index (χ2n) is 6.45. The highest BCUT2D eigenvalue weighted by Crippen LogP contribution is 2.32. The molecule has 2 aliphatic rings. The number of nitrogens with one attached hydrogen (secondary N) is 1. The summed E-state index contributed by atoms with van der Waals surface area (Å²) in [5, 5.41) is 3.08. The van der Waals surface area contributed by atoms with Gasteiger partial charge in [-0.3, -0.25) is 14.7 Å². The average Bonchev–Trinajstić information content (AvgIpc) is 3.44. The third-order valence-electron chi connectivity index (χ3n) is 4.77. The van der Waals surface area contributed by atoms with Crippen LogP contribution in [-0.2, 0) is 0 Å². The molecule has 6 nitrogen and oxygen atoms in total. The van der Waals surface area contributed by atoms with E-state index in [0.29, 0.717) is 29.3 Å². The summed E-state index contributed by atoms with van der Waals surface area (Å²) >= 11 is 0. The Labute approximate surface area is 135 Å². The van der Waals surface area contributed by atoms with Gasteiger partial charge in [-0.05, 0) is 38.3 Å². The van der Waals surface area contributed by atoms with Crippen LogP contribution in [0.3, 0.4) is 0 Å². The zero-order valence-electron chi connectivity index (χ0n) is 13.1. The summed E-state index contributed by atoms with van der Waals surface area (Å²) in [5.41, 5.74) is 1.76. The van der Waals surface area contributed by atoms with Gasteiger partial charge < -0.3 is 5.32 Å². The minimum atomic E-state index is -0.0774. The van der Waals surface area contributed by atoms with Gasteiger partial charge in [0.05, 0.1) is 5.56 Å². The highest BCUT2D eigenvalue weighted by molar-refractivity contribution is 5.96. The lowest BCUT2D eigenvalue weighted by molar-refractivity contribution is 0.0906. The summed E-state index contributed by atoms with van der Waals surface area (Å²) in [7, 11) is 0. The first-order valence-electron chi connectivity index (χ1n) is 8.42. The van der Waals surface area contributed by atoms with Crippen molar-refractivity contribution in [2.75, 3.05) is 13.1 Å². The van der Waals surface area contributed by atoms with Crippen LogP contribution in [0.15, 0.2) is 24.7 Å².